The largest absolute Gasteiger partial charge is 0.397 e. The quantitative estimate of drug-likeness (QED) is 0.873. The molecular weight excluding hydrogens is 250 g/mol. The molecule has 4 nitrogen and oxygen atoms in total. The molecule has 2 rings (SSSR count). The maximum Gasteiger partial charge on any atom is 0.256 e. The summed E-state index contributed by atoms with van der Waals surface area (Å²) >= 11 is 5.76. The van der Waals surface area contributed by atoms with Crippen molar-refractivity contribution in [2.45, 2.75) is 6.92 Å². The highest BCUT2D eigenvalue weighted by atomic mass is 35.5. The second-order valence-corrected chi connectivity index (χ2v) is 4.33. The highest BCUT2D eigenvalue weighted by molar-refractivity contribution is 6.30. The summed E-state index contributed by atoms with van der Waals surface area (Å²) < 4.78 is 0. The minimum Gasteiger partial charge on any atom is -0.397 e. The van der Waals surface area contributed by atoms with E-state index in [2.05, 4.69) is 10.3 Å². The second kappa shape index (κ2) is 5.06. The van der Waals surface area contributed by atoms with Crippen molar-refractivity contribution in [3.63, 3.8) is 0 Å². The van der Waals surface area contributed by atoms with Gasteiger partial charge in [0, 0.05) is 10.6 Å². The van der Waals surface area contributed by atoms with Gasteiger partial charge in [-0.3, -0.25) is 4.79 Å². The SMILES string of the molecule is Cc1cc(N)cnc1NC(=O)c1ccc(Cl)cc1. The lowest BCUT2D eigenvalue weighted by molar-refractivity contribution is 0.102. The zero-order valence-corrected chi connectivity index (χ0v) is 10.5. The minimum atomic E-state index is -0.230. The topological polar surface area (TPSA) is 68.0 Å². The van der Waals surface area contributed by atoms with Gasteiger partial charge in [-0.15, -0.1) is 0 Å². The van der Waals surface area contributed by atoms with E-state index in [0.717, 1.165) is 5.56 Å². The van der Waals surface area contributed by atoms with Crippen molar-refractivity contribution in [3.05, 3.63) is 52.7 Å². The lowest BCUT2D eigenvalue weighted by atomic mass is 10.2. The average molecular weight is 262 g/mol. The van der Waals surface area contributed by atoms with Crippen molar-refractivity contribution in [1.82, 2.24) is 4.98 Å². The maximum atomic E-state index is 11.9. The first-order valence-electron chi connectivity index (χ1n) is 5.35. The summed E-state index contributed by atoms with van der Waals surface area (Å²) in [6.07, 6.45) is 1.50. The molecule has 0 saturated heterocycles. The van der Waals surface area contributed by atoms with Crippen LogP contribution in [0.3, 0.4) is 0 Å². The van der Waals surface area contributed by atoms with Crippen LogP contribution in [0.4, 0.5) is 11.5 Å². The Morgan fingerprint density at radius 3 is 2.61 bits per heavy atom. The van der Waals surface area contributed by atoms with Gasteiger partial charge >= 0.3 is 0 Å². The number of aryl methyl sites for hydroxylation is 1. The molecule has 0 unspecified atom stereocenters. The van der Waals surface area contributed by atoms with Gasteiger partial charge in [0.25, 0.3) is 5.91 Å². The van der Waals surface area contributed by atoms with Gasteiger partial charge in [0.1, 0.15) is 5.82 Å². The normalized spacial score (nSPS) is 10.1. The highest BCUT2D eigenvalue weighted by Gasteiger charge is 2.08. The van der Waals surface area contributed by atoms with Crippen LogP contribution >= 0.6 is 11.6 Å². The number of nitrogens with two attached hydrogens (primary N) is 1. The third kappa shape index (κ3) is 2.78. The molecule has 1 amide bonds. The number of carbonyl (C=O) groups is 1. The number of carbonyl (C=O) groups excluding carboxylic acids is 1. The van der Waals surface area contributed by atoms with E-state index in [4.69, 9.17) is 17.3 Å². The molecule has 92 valence electrons. The molecule has 1 aromatic heterocycles. The number of nitrogens with zero attached hydrogens (tertiary/aromatic N) is 1. The minimum absolute atomic E-state index is 0.230. The number of nitrogen functional groups attached to an aromatic ring is 1. The van der Waals surface area contributed by atoms with Gasteiger partial charge in [-0.2, -0.15) is 0 Å². The van der Waals surface area contributed by atoms with E-state index in [1.54, 1.807) is 30.3 Å². The number of anilines is 2. The number of amides is 1. The fraction of sp³-hybridized carbons (Fsp3) is 0.0769. The predicted molar refractivity (Wildman–Crippen MR) is 72.8 cm³/mol. The van der Waals surface area contributed by atoms with E-state index in [-0.39, 0.29) is 5.91 Å². The van der Waals surface area contributed by atoms with Gasteiger partial charge in [0.2, 0.25) is 0 Å². The molecule has 0 spiro atoms. The lowest BCUT2D eigenvalue weighted by Crippen LogP contribution is -2.13. The first-order valence-corrected chi connectivity index (χ1v) is 5.73. The smallest absolute Gasteiger partial charge is 0.256 e. The van der Waals surface area contributed by atoms with E-state index < -0.39 is 0 Å². The van der Waals surface area contributed by atoms with Gasteiger partial charge < -0.3 is 11.1 Å². The fourth-order valence-corrected chi connectivity index (χ4v) is 1.63. The van der Waals surface area contributed by atoms with E-state index in [0.29, 0.717) is 22.1 Å². The third-order valence-corrected chi connectivity index (χ3v) is 2.69. The Labute approximate surface area is 110 Å². The molecule has 2 aromatic rings. The monoisotopic (exact) mass is 261 g/mol. The Morgan fingerprint density at radius 2 is 2.00 bits per heavy atom. The molecule has 0 bridgehead atoms. The number of hydrogen-bond acceptors (Lipinski definition) is 3. The molecule has 0 aliphatic rings. The fourth-order valence-electron chi connectivity index (χ4n) is 1.51. The first-order chi connectivity index (χ1) is 8.56. The Morgan fingerprint density at radius 1 is 1.33 bits per heavy atom. The van der Waals surface area contributed by atoms with Crippen LogP contribution < -0.4 is 11.1 Å². The molecule has 3 N–H and O–H groups in total. The van der Waals surface area contributed by atoms with Crippen LogP contribution in [0.1, 0.15) is 15.9 Å². The molecule has 18 heavy (non-hydrogen) atoms. The van der Waals surface area contributed by atoms with Crippen LogP contribution in [0.15, 0.2) is 36.5 Å². The van der Waals surface area contributed by atoms with Crippen molar-refractivity contribution in [1.29, 1.82) is 0 Å². The maximum absolute atomic E-state index is 11.9. The van der Waals surface area contributed by atoms with Crippen LogP contribution in [-0.4, -0.2) is 10.9 Å². The van der Waals surface area contributed by atoms with Crippen LogP contribution in [0.25, 0.3) is 0 Å². The number of benzene rings is 1. The van der Waals surface area contributed by atoms with Crippen LogP contribution in [0.2, 0.25) is 5.02 Å². The molecule has 1 aromatic carbocycles. The molecule has 1 heterocycles. The average Bonchev–Trinajstić information content (AvgIpc) is 2.33. The van der Waals surface area contributed by atoms with Gasteiger partial charge in [0.15, 0.2) is 0 Å². The molecule has 0 aliphatic heterocycles. The molecule has 0 radical (unpaired) electrons. The van der Waals surface area contributed by atoms with Crippen LogP contribution in [0.5, 0.6) is 0 Å². The number of hydrogen-bond donors (Lipinski definition) is 2. The predicted octanol–water partition coefficient (Wildman–Crippen LogP) is 2.88. The number of pyridine rings is 1. The van der Waals surface area contributed by atoms with Gasteiger partial charge in [0.05, 0.1) is 11.9 Å². The molecule has 0 saturated carbocycles. The highest BCUT2D eigenvalue weighted by Crippen LogP contribution is 2.16. The van der Waals surface area contributed by atoms with Crippen molar-refractivity contribution in [3.8, 4) is 0 Å². The number of nitrogens with one attached hydrogen (secondary N) is 1. The Bertz CT molecular complexity index is 581. The van der Waals surface area contributed by atoms with Crippen LogP contribution in [-0.2, 0) is 0 Å². The van der Waals surface area contributed by atoms with Crippen molar-refractivity contribution < 1.29 is 4.79 Å². The molecule has 0 fully saturated rings. The zero-order chi connectivity index (χ0) is 13.1. The summed E-state index contributed by atoms with van der Waals surface area (Å²) in [5.41, 5.74) is 7.51. The summed E-state index contributed by atoms with van der Waals surface area (Å²) in [6, 6.07) is 8.40. The first kappa shape index (κ1) is 12.4. The molecule has 5 heteroatoms. The molecular formula is C13H12ClN3O. The van der Waals surface area contributed by atoms with E-state index in [9.17, 15) is 4.79 Å². The van der Waals surface area contributed by atoms with E-state index >= 15 is 0 Å². The summed E-state index contributed by atoms with van der Waals surface area (Å²) in [6.45, 7) is 1.83. The van der Waals surface area contributed by atoms with Gasteiger partial charge in [-0.1, -0.05) is 11.6 Å². The molecule has 0 atom stereocenters. The van der Waals surface area contributed by atoms with Gasteiger partial charge in [-0.25, -0.2) is 4.98 Å². The third-order valence-electron chi connectivity index (χ3n) is 2.44. The Kier molecular flexibility index (Phi) is 3.48. The van der Waals surface area contributed by atoms with Crippen molar-refractivity contribution in [2.75, 3.05) is 11.1 Å². The summed E-state index contributed by atoms with van der Waals surface area (Å²) in [4.78, 5) is 16.0. The summed E-state index contributed by atoms with van der Waals surface area (Å²) in [7, 11) is 0. The molecule has 0 aliphatic carbocycles. The second-order valence-electron chi connectivity index (χ2n) is 3.90. The standard InChI is InChI=1S/C13H12ClN3O/c1-8-6-11(15)7-16-12(8)17-13(18)9-2-4-10(14)5-3-9/h2-7H,15H2,1H3,(H,16,17,18). The van der Waals surface area contributed by atoms with Crippen molar-refractivity contribution >= 4 is 29.0 Å². The Hall–Kier alpha value is -2.07. The van der Waals surface area contributed by atoms with Gasteiger partial charge in [-0.05, 0) is 42.8 Å². The van der Waals surface area contributed by atoms with E-state index in [1.165, 1.54) is 6.20 Å². The van der Waals surface area contributed by atoms with Crippen LogP contribution in [0, 0.1) is 6.92 Å². The Balaban J connectivity index is 2.18. The number of aromatic nitrogens is 1. The van der Waals surface area contributed by atoms with Crippen molar-refractivity contribution in [2.24, 2.45) is 0 Å². The number of halogens is 1. The zero-order valence-electron chi connectivity index (χ0n) is 9.77. The lowest BCUT2D eigenvalue weighted by Gasteiger charge is -2.07. The summed E-state index contributed by atoms with van der Waals surface area (Å²) in [5.74, 6) is 0.274. The number of rotatable bonds is 2. The van der Waals surface area contributed by atoms with E-state index in [1.807, 2.05) is 6.92 Å². The summed E-state index contributed by atoms with van der Waals surface area (Å²) in [5, 5.41) is 3.32.